The Hall–Kier alpha value is -2.48. The quantitative estimate of drug-likeness (QED) is 0.568. The summed E-state index contributed by atoms with van der Waals surface area (Å²) in [7, 11) is 0. The summed E-state index contributed by atoms with van der Waals surface area (Å²) in [6.07, 6.45) is 1.46. The Morgan fingerprint density at radius 3 is 2.60 bits per heavy atom. The van der Waals surface area contributed by atoms with Gasteiger partial charge in [-0.1, -0.05) is 35.3 Å². The molecule has 0 fully saturated rings. The number of nitrogens with one attached hydrogen (secondary N) is 1. The number of rotatable bonds is 5. The fraction of sp³-hybridized carbons (Fsp3) is 0.158. The molecule has 0 aliphatic carbocycles. The van der Waals surface area contributed by atoms with Gasteiger partial charge in [0, 0.05) is 10.7 Å². The van der Waals surface area contributed by atoms with E-state index in [4.69, 9.17) is 27.9 Å². The van der Waals surface area contributed by atoms with Crippen molar-refractivity contribution in [3.05, 3.63) is 63.6 Å². The van der Waals surface area contributed by atoms with E-state index in [1.54, 1.807) is 42.5 Å². The molecule has 0 saturated carbocycles. The zero-order valence-electron chi connectivity index (χ0n) is 13.7. The van der Waals surface area contributed by atoms with E-state index in [0.717, 1.165) is 0 Å². The first-order valence-electron chi connectivity index (χ1n) is 7.54. The first-order valence-corrected chi connectivity index (χ1v) is 8.29. The molecular weight excluding hydrogens is 359 g/mol. The number of hydrogen-bond donors (Lipinski definition) is 1. The van der Waals surface area contributed by atoms with Gasteiger partial charge in [-0.15, -0.1) is 0 Å². The Morgan fingerprint density at radius 1 is 1.24 bits per heavy atom. The molecule has 0 radical (unpaired) electrons. The maximum atomic E-state index is 12.3. The van der Waals surface area contributed by atoms with E-state index in [9.17, 15) is 10.1 Å². The maximum Gasteiger partial charge on any atom is 0.266 e. The average Bonchev–Trinajstić information content (AvgIpc) is 2.54. The van der Waals surface area contributed by atoms with Crippen LogP contribution in [-0.2, 0) is 4.79 Å². The third kappa shape index (κ3) is 5.53. The molecule has 0 aromatic heterocycles. The zero-order valence-corrected chi connectivity index (χ0v) is 15.2. The molecular formula is C19H16Cl2N2O2. The van der Waals surface area contributed by atoms with Crippen molar-refractivity contribution in [1.29, 1.82) is 5.26 Å². The molecule has 2 rings (SSSR count). The van der Waals surface area contributed by atoms with Crippen molar-refractivity contribution in [2.24, 2.45) is 0 Å². The summed E-state index contributed by atoms with van der Waals surface area (Å²) in [5, 5.41) is 12.8. The lowest BCUT2D eigenvalue weighted by Gasteiger charge is -2.11. The summed E-state index contributed by atoms with van der Waals surface area (Å²) in [6.45, 7) is 3.80. The topological polar surface area (TPSA) is 62.1 Å². The minimum atomic E-state index is -0.525. The van der Waals surface area contributed by atoms with Gasteiger partial charge < -0.3 is 10.1 Å². The van der Waals surface area contributed by atoms with E-state index in [1.165, 1.54) is 6.08 Å². The molecule has 0 aliphatic heterocycles. The molecule has 2 aromatic rings. The number of carbonyl (C=O) groups is 1. The molecule has 2 aromatic carbocycles. The van der Waals surface area contributed by atoms with Gasteiger partial charge in [-0.3, -0.25) is 4.79 Å². The van der Waals surface area contributed by atoms with E-state index < -0.39 is 5.91 Å². The van der Waals surface area contributed by atoms with E-state index in [0.29, 0.717) is 27.0 Å². The Morgan fingerprint density at radius 2 is 2.00 bits per heavy atom. The van der Waals surface area contributed by atoms with Crippen LogP contribution in [0.5, 0.6) is 5.75 Å². The third-order valence-electron chi connectivity index (χ3n) is 3.08. The smallest absolute Gasteiger partial charge is 0.266 e. The first-order chi connectivity index (χ1) is 11.9. The SMILES string of the molecule is CC(C)Oc1ccc(C=C(C#N)C(=O)Nc2cccc(Cl)c2)cc1Cl. The minimum absolute atomic E-state index is 0.00274. The summed E-state index contributed by atoms with van der Waals surface area (Å²) < 4.78 is 5.56. The molecule has 25 heavy (non-hydrogen) atoms. The highest BCUT2D eigenvalue weighted by Gasteiger charge is 2.11. The van der Waals surface area contributed by atoms with Crippen molar-refractivity contribution < 1.29 is 9.53 Å². The Labute approximate surface area is 156 Å². The van der Waals surface area contributed by atoms with Crippen molar-refractivity contribution in [3.63, 3.8) is 0 Å². The van der Waals surface area contributed by atoms with E-state index in [1.807, 2.05) is 19.9 Å². The van der Waals surface area contributed by atoms with Crippen molar-refractivity contribution in [2.75, 3.05) is 5.32 Å². The second kappa shape index (κ2) is 8.57. The molecule has 0 spiro atoms. The van der Waals surface area contributed by atoms with Crippen LogP contribution >= 0.6 is 23.2 Å². The molecule has 0 heterocycles. The van der Waals surface area contributed by atoms with Gasteiger partial charge in [0.2, 0.25) is 0 Å². The number of amides is 1. The van der Waals surface area contributed by atoms with Gasteiger partial charge >= 0.3 is 0 Å². The molecule has 0 aliphatic rings. The monoisotopic (exact) mass is 374 g/mol. The van der Waals surface area contributed by atoms with Crippen LogP contribution in [0.15, 0.2) is 48.0 Å². The molecule has 1 N–H and O–H groups in total. The van der Waals surface area contributed by atoms with Crippen LogP contribution in [0, 0.1) is 11.3 Å². The van der Waals surface area contributed by atoms with Gasteiger partial charge in [0.25, 0.3) is 5.91 Å². The van der Waals surface area contributed by atoms with Crippen LogP contribution in [-0.4, -0.2) is 12.0 Å². The summed E-state index contributed by atoms with van der Waals surface area (Å²) in [6, 6.07) is 13.7. The number of benzene rings is 2. The zero-order chi connectivity index (χ0) is 18.4. The highest BCUT2D eigenvalue weighted by Crippen LogP contribution is 2.27. The van der Waals surface area contributed by atoms with Gasteiger partial charge in [0.05, 0.1) is 11.1 Å². The molecule has 4 nitrogen and oxygen atoms in total. The Bertz CT molecular complexity index is 855. The van der Waals surface area contributed by atoms with Crippen LogP contribution in [0.1, 0.15) is 19.4 Å². The second-order valence-corrected chi connectivity index (χ2v) is 6.33. The number of anilines is 1. The van der Waals surface area contributed by atoms with Gasteiger partial charge in [-0.2, -0.15) is 5.26 Å². The second-order valence-electron chi connectivity index (χ2n) is 5.49. The summed E-state index contributed by atoms with van der Waals surface area (Å²) in [5.74, 6) is 0.0269. The molecule has 128 valence electrons. The molecule has 0 unspecified atom stereocenters. The lowest BCUT2D eigenvalue weighted by molar-refractivity contribution is -0.112. The summed E-state index contributed by atoms with van der Waals surface area (Å²) in [5.41, 5.74) is 1.09. The van der Waals surface area contributed by atoms with Crippen molar-refractivity contribution >= 4 is 40.9 Å². The predicted molar refractivity (Wildman–Crippen MR) is 101 cm³/mol. The van der Waals surface area contributed by atoms with Crippen LogP contribution in [0.2, 0.25) is 10.0 Å². The standard InChI is InChI=1S/C19H16Cl2N2O2/c1-12(2)25-18-7-6-13(9-17(18)21)8-14(11-22)19(24)23-16-5-3-4-15(20)10-16/h3-10,12H,1-2H3,(H,23,24). The van der Waals surface area contributed by atoms with Gasteiger partial charge in [0.15, 0.2) is 0 Å². The minimum Gasteiger partial charge on any atom is -0.489 e. The molecule has 6 heteroatoms. The molecule has 1 amide bonds. The number of ether oxygens (including phenoxy) is 1. The largest absolute Gasteiger partial charge is 0.489 e. The third-order valence-corrected chi connectivity index (χ3v) is 3.61. The number of nitriles is 1. The van der Waals surface area contributed by atoms with Crippen LogP contribution in [0.3, 0.4) is 0 Å². The van der Waals surface area contributed by atoms with Gasteiger partial charge in [-0.05, 0) is 55.8 Å². The van der Waals surface area contributed by atoms with Gasteiger partial charge in [0.1, 0.15) is 17.4 Å². The lowest BCUT2D eigenvalue weighted by Crippen LogP contribution is -2.13. The van der Waals surface area contributed by atoms with Gasteiger partial charge in [-0.25, -0.2) is 0 Å². The molecule has 0 bridgehead atoms. The van der Waals surface area contributed by atoms with E-state index >= 15 is 0 Å². The number of halogens is 2. The van der Waals surface area contributed by atoms with E-state index in [2.05, 4.69) is 5.32 Å². The van der Waals surface area contributed by atoms with Crippen LogP contribution < -0.4 is 10.1 Å². The average molecular weight is 375 g/mol. The number of nitrogens with zero attached hydrogens (tertiary/aromatic N) is 1. The number of carbonyl (C=O) groups excluding carboxylic acids is 1. The summed E-state index contributed by atoms with van der Waals surface area (Å²) >= 11 is 12.1. The van der Waals surface area contributed by atoms with Crippen molar-refractivity contribution in [2.45, 2.75) is 20.0 Å². The first kappa shape index (κ1) is 18.9. The fourth-order valence-corrected chi connectivity index (χ4v) is 2.46. The molecule has 0 saturated heterocycles. The number of hydrogen-bond acceptors (Lipinski definition) is 3. The Balaban J connectivity index is 2.20. The maximum absolute atomic E-state index is 12.3. The van der Waals surface area contributed by atoms with E-state index in [-0.39, 0.29) is 11.7 Å². The highest BCUT2D eigenvalue weighted by molar-refractivity contribution is 6.32. The normalized spacial score (nSPS) is 11.1. The molecule has 0 atom stereocenters. The summed E-state index contributed by atoms with van der Waals surface area (Å²) in [4.78, 5) is 12.3. The van der Waals surface area contributed by atoms with Crippen LogP contribution in [0.4, 0.5) is 5.69 Å². The van der Waals surface area contributed by atoms with Crippen LogP contribution in [0.25, 0.3) is 6.08 Å². The van der Waals surface area contributed by atoms with Crippen molar-refractivity contribution in [1.82, 2.24) is 0 Å². The lowest BCUT2D eigenvalue weighted by atomic mass is 10.1. The van der Waals surface area contributed by atoms with Crippen molar-refractivity contribution in [3.8, 4) is 11.8 Å². The predicted octanol–water partition coefficient (Wildman–Crippen LogP) is 5.33. The Kier molecular flexibility index (Phi) is 6.46. The highest BCUT2D eigenvalue weighted by atomic mass is 35.5. The fourth-order valence-electron chi connectivity index (χ4n) is 2.04.